The van der Waals surface area contributed by atoms with E-state index in [1.807, 2.05) is 20.8 Å². The van der Waals surface area contributed by atoms with Gasteiger partial charge in [0.2, 0.25) is 0 Å². The topological polar surface area (TPSA) is 87.0 Å². The first-order chi connectivity index (χ1) is 11.3. The van der Waals surface area contributed by atoms with E-state index in [0.29, 0.717) is 6.42 Å². The Morgan fingerprint density at radius 2 is 1.76 bits per heavy atom. The zero-order valence-electron chi connectivity index (χ0n) is 16.0. The molecule has 0 amide bonds. The van der Waals surface area contributed by atoms with Crippen LogP contribution in [0.15, 0.2) is 12.7 Å². The van der Waals surface area contributed by atoms with Crippen LogP contribution in [0.4, 0.5) is 0 Å². The highest BCUT2D eigenvalue weighted by Gasteiger charge is 2.78. The summed E-state index contributed by atoms with van der Waals surface area (Å²) in [6, 6.07) is 0. The second-order valence-electron chi connectivity index (χ2n) is 9.71. The molecule has 3 rings (SSSR count). The highest BCUT2D eigenvalue weighted by Crippen LogP contribution is 2.66. The summed E-state index contributed by atoms with van der Waals surface area (Å²) in [5, 5.41) is 33.9. The second kappa shape index (κ2) is 5.16. The summed E-state index contributed by atoms with van der Waals surface area (Å²) in [5.74, 6) is -0.734. The first-order valence-electron chi connectivity index (χ1n) is 9.25. The number of aliphatic hydroxyl groups is 3. The van der Waals surface area contributed by atoms with Crippen molar-refractivity contribution in [3.8, 4) is 0 Å². The maximum absolute atomic E-state index is 13.3. The summed E-state index contributed by atoms with van der Waals surface area (Å²) >= 11 is 0. The largest absolute Gasteiger partial charge is 0.390 e. The number of hydrogen-bond donors (Lipinski definition) is 3. The number of ketones is 1. The van der Waals surface area contributed by atoms with E-state index in [9.17, 15) is 20.1 Å². The van der Waals surface area contributed by atoms with Crippen molar-refractivity contribution >= 4 is 5.78 Å². The lowest BCUT2D eigenvalue weighted by Crippen LogP contribution is -2.84. The molecular weight excluding hydrogens is 320 g/mol. The monoisotopic (exact) mass is 352 g/mol. The van der Waals surface area contributed by atoms with Gasteiger partial charge in [-0.3, -0.25) is 4.79 Å². The number of carbonyl (C=O) groups is 1. The van der Waals surface area contributed by atoms with Gasteiger partial charge in [0.05, 0.1) is 11.7 Å². The van der Waals surface area contributed by atoms with Crippen LogP contribution in [0, 0.1) is 16.7 Å². The van der Waals surface area contributed by atoms with E-state index in [-0.39, 0.29) is 17.6 Å². The van der Waals surface area contributed by atoms with Crippen molar-refractivity contribution in [1.82, 2.24) is 0 Å². The van der Waals surface area contributed by atoms with Gasteiger partial charge in [0.1, 0.15) is 11.7 Å². The number of fused-ring (bicyclic) bond motifs is 3. The summed E-state index contributed by atoms with van der Waals surface area (Å²) in [6.07, 6.45) is 1.44. The smallest absolute Gasteiger partial charge is 0.171 e. The van der Waals surface area contributed by atoms with Crippen LogP contribution in [0.1, 0.15) is 60.3 Å². The second-order valence-corrected chi connectivity index (χ2v) is 9.71. The summed E-state index contributed by atoms with van der Waals surface area (Å²) in [6.45, 7) is 13.0. The summed E-state index contributed by atoms with van der Waals surface area (Å²) in [5.41, 5.74) is -5.61. The van der Waals surface area contributed by atoms with Gasteiger partial charge in [-0.25, -0.2) is 0 Å². The lowest BCUT2D eigenvalue weighted by atomic mass is 9.40. The van der Waals surface area contributed by atoms with Crippen molar-refractivity contribution in [2.75, 3.05) is 0 Å². The van der Waals surface area contributed by atoms with Gasteiger partial charge >= 0.3 is 0 Å². The minimum Gasteiger partial charge on any atom is -0.390 e. The number of carbonyl (C=O) groups excluding carboxylic acids is 1. The average molecular weight is 352 g/mol. The Kier molecular flexibility index (Phi) is 3.92. The molecule has 1 aliphatic heterocycles. The summed E-state index contributed by atoms with van der Waals surface area (Å²) in [7, 11) is 0. The molecule has 1 saturated heterocycles. The molecule has 0 aromatic heterocycles. The molecule has 142 valence electrons. The molecule has 0 unspecified atom stereocenters. The van der Waals surface area contributed by atoms with Crippen LogP contribution in [0.2, 0.25) is 0 Å². The van der Waals surface area contributed by atoms with Crippen molar-refractivity contribution in [2.24, 2.45) is 16.7 Å². The molecule has 7 atom stereocenters. The molecule has 0 radical (unpaired) electrons. The maximum atomic E-state index is 13.3. The standard InChI is InChI=1S/C20H32O5/c1-7-17(4)11-12(21)20(24)18(5)10-8-9-16(2,3)14(18)13(22)15(23)19(20,6)25-17/h7,13-15,22-24H,1,8-11H2,2-6H3/t13-,14-,15-,17-,18-,19+,20-/m0/s1. The van der Waals surface area contributed by atoms with Gasteiger partial charge < -0.3 is 20.1 Å². The molecule has 25 heavy (non-hydrogen) atoms. The van der Waals surface area contributed by atoms with Crippen LogP contribution in [0.3, 0.4) is 0 Å². The Labute approximate surface area is 150 Å². The van der Waals surface area contributed by atoms with E-state index in [1.165, 1.54) is 6.08 Å². The fraction of sp³-hybridized carbons (Fsp3) is 0.850. The molecule has 5 nitrogen and oxygen atoms in total. The Morgan fingerprint density at radius 1 is 1.16 bits per heavy atom. The molecule has 0 bridgehead atoms. The zero-order chi connectivity index (χ0) is 19.1. The van der Waals surface area contributed by atoms with E-state index in [2.05, 4.69) is 6.58 Å². The van der Waals surface area contributed by atoms with Gasteiger partial charge in [0.25, 0.3) is 0 Å². The average Bonchev–Trinajstić information content (AvgIpc) is 2.49. The van der Waals surface area contributed by atoms with Crippen molar-refractivity contribution in [3.63, 3.8) is 0 Å². The summed E-state index contributed by atoms with van der Waals surface area (Å²) < 4.78 is 6.15. The SMILES string of the molecule is C=C[C@@]1(C)CC(=O)[C@]2(O)[C@@]3(C)CCCC(C)(C)[C@@H]3[C@H](O)[C@H](O)[C@@]2(C)O1. The highest BCUT2D eigenvalue weighted by molar-refractivity contribution is 5.92. The van der Waals surface area contributed by atoms with Gasteiger partial charge in [-0.2, -0.15) is 0 Å². The number of Topliss-reactive ketones (excluding diaryl/α,β-unsaturated/α-hetero) is 1. The molecular formula is C20H32O5. The molecule has 0 spiro atoms. The predicted molar refractivity (Wildman–Crippen MR) is 93.9 cm³/mol. The van der Waals surface area contributed by atoms with Gasteiger partial charge in [-0.05, 0) is 32.1 Å². The van der Waals surface area contributed by atoms with Crippen LogP contribution >= 0.6 is 0 Å². The Hall–Kier alpha value is -0.750. The van der Waals surface area contributed by atoms with E-state index in [1.54, 1.807) is 13.8 Å². The minimum atomic E-state index is -1.86. The van der Waals surface area contributed by atoms with E-state index < -0.39 is 40.3 Å². The van der Waals surface area contributed by atoms with Crippen LogP contribution in [-0.2, 0) is 9.53 Å². The van der Waals surface area contributed by atoms with Gasteiger partial charge in [-0.1, -0.05) is 33.3 Å². The predicted octanol–water partition coefficient (Wildman–Crippen LogP) is 1.98. The fourth-order valence-corrected chi connectivity index (χ4v) is 6.43. The van der Waals surface area contributed by atoms with Crippen molar-refractivity contribution in [1.29, 1.82) is 0 Å². The summed E-state index contributed by atoms with van der Waals surface area (Å²) in [4.78, 5) is 13.3. The quantitative estimate of drug-likeness (QED) is 0.628. The lowest BCUT2D eigenvalue weighted by Gasteiger charge is -2.70. The first-order valence-corrected chi connectivity index (χ1v) is 9.25. The van der Waals surface area contributed by atoms with Crippen LogP contribution in [-0.4, -0.2) is 50.1 Å². The Morgan fingerprint density at radius 3 is 2.32 bits per heavy atom. The molecule has 2 saturated carbocycles. The molecule has 3 N–H and O–H groups in total. The first kappa shape index (κ1) is 19.0. The van der Waals surface area contributed by atoms with Crippen LogP contribution in [0.5, 0.6) is 0 Å². The number of rotatable bonds is 1. The third-order valence-electron chi connectivity index (χ3n) is 7.61. The third kappa shape index (κ3) is 2.07. The van der Waals surface area contributed by atoms with Crippen LogP contribution < -0.4 is 0 Å². The van der Waals surface area contributed by atoms with E-state index >= 15 is 0 Å². The molecule has 3 aliphatic rings. The molecule has 2 aliphatic carbocycles. The number of aliphatic hydroxyl groups excluding tert-OH is 2. The van der Waals surface area contributed by atoms with Gasteiger partial charge in [0.15, 0.2) is 11.4 Å². The third-order valence-corrected chi connectivity index (χ3v) is 7.61. The van der Waals surface area contributed by atoms with Crippen molar-refractivity contribution in [3.05, 3.63) is 12.7 Å². The van der Waals surface area contributed by atoms with Crippen molar-refractivity contribution in [2.45, 2.75) is 89.3 Å². The lowest BCUT2D eigenvalue weighted by molar-refractivity contribution is -0.356. The molecule has 0 aromatic carbocycles. The van der Waals surface area contributed by atoms with E-state index in [4.69, 9.17) is 4.74 Å². The number of ether oxygens (including phenoxy) is 1. The minimum absolute atomic E-state index is 0.00808. The normalized spacial score (nSPS) is 55.2. The van der Waals surface area contributed by atoms with Gasteiger partial charge in [-0.15, -0.1) is 6.58 Å². The zero-order valence-corrected chi connectivity index (χ0v) is 16.0. The molecule has 0 aromatic rings. The molecule has 1 heterocycles. The Bertz CT molecular complexity index is 615. The van der Waals surface area contributed by atoms with E-state index in [0.717, 1.165) is 12.8 Å². The van der Waals surface area contributed by atoms with Gasteiger partial charge in [0, 0.05) is 17.8 Å². The Balaban J connectivity index is 2.24. The van der Waals surface area contributed by atoms with Crippen LogP contribution in [0.25, 0.3) is 0 Å². The number of hydrogen-bond acceptors (Lipinski definition) is 5. The highest BCUT2D eigenvalue weighted by atomic mass is 16.6. The van der Waals surface area contributed by atoms with Crippen molar-refractivity contribution < 1.29 is 24.9 Å². The molecule has 3 fully saturated rings. The molecule has 5 heteroatoms. The fourth-order valence-electron chi connectivity index (χ4n) is 6.43. The maximum Gasteiger partial charge on any atom is 0.171 e.